The minimum absolute atomic E-state index is 0.180. The normalized spacial score (nSPS) is 12.5. The number of amides is 2. The number of carbonyl (C=O) groups is 2. The molecule has 0 aliphatic carbocycles. The van der Waals surface area contributed by atoms with E-state index in [1.165, 1.54) is 6.92 Å². The van der Waals surface area contributed by atoms with Crippen molar-refractivity contribution >= 4 is 49.3 Å². The average Bonchev–Trinajstić information content (AvgIpc) is 3.13. The van der Waals surface area contributed by atoms with Crippen molar-refractivity contribution in [2.45, 2.75) is 18.7 Å². The van der Waals surface area contributed by atoms with Crippen LogP contribution in [0.1, 0.15) is 24.1 Å². The van der Waals surface area contributed by atoms with Crippen LogP contribution in [0.4, 0.5) is 5.69 Å². The monoisotopic (exact) mass is 432 g/mol. The first-order chi connectivity index (χ1) is 13.8. The molecule has 0 aliphatic rings. The molecule has 9 heteroatoms. The fraction of sp³-hybridized carbons (Fsp3) is 0.200. The molecule has 152 valence electrons. The van der Waals surface area contributed by atoms with Crippen molar-refractivity contribution in [3.8, 4) is 0 Å². The van der Waals surface area contributed by atoms with Crippen molar-refractivity contribution in [1.82, 2.24) is 5.06 Å². The van der Waals surface area contributed by atoms with E-state index >= 15 is 0 Å². The summed E-state index contributed by atoms with van der Waals surface area (Å²) in [5.41, 5.74) is 1.61. The molecule has 29 heavy (non-hydrogen) atoms. The van der Waals surface area contributed by atoms with Crippen molar-refractivity contribution in [2.24, 2.45) is 0 Å². The maximum Gasteiger partial charge on any atom is 0.233 e. The Morgan fingerprint density at radius 2 is 1.93 bits per heavy atom. The minimum atomic E-state index is -3.64. The van der Waals surface area contributed by atoms with Crippen molar-refractivity contribution < 1.29 is 23.2 Å². The molecule has 7 nitrogen and oxygen atoms in total. The van der Waals surface area contributed by atoms with Gasteiger partial charge in [-0.2, -0.15) is 0 Å². The molecule has 1 unspecified atom stereocenters. The van der Waals surface area contributed by atoms with E-state index < -0.39 is 21.6 Å². The molecule has 3 rings (SSSR count). The Morgan fingerprint density at radius 1 is 1.21 bits per heavy atom. The van der Waals surface area contributed by atoms with Gasteiger partial charge in [0.2, 0.25) is 12.3 Å². The maximum atomic E-state index is 12.8. The SMILES string of the molecule is CC(=O)Nc1ccc(C(CS(=O)(=O)Cc2ccc3sccc3c2)N(O)C=O)cc1. The van der Waals surface area contributed by atoms with Crippen LogP contribution in [0.15, 0.2) is 53.9 Å². The number of hydrogen-bond donors (Lipinski definition) is 2. The van der Waals surface area contributed by atoms with Gasteiger partial charge >= 0.3 is 0 Å². The van der Waals surface area contributed by atoms with Crippen molar-refractivity contribution in [1.29, 1.82) is 0 Å². The summed E-state index contributed by atoms with van der Waals surface area (Å²) in [6.45, 7) is 1.37. The second-order valence-corrected chi connectivity index (χ2v) is 9.71. The zero-order valence-corrected chi connectivity index (χ0v) is 17.2. The van der Waals surface area contributed by atoms with E-state index in [0.29, 0.717) is 21.9 Å². The molecule has 0 spiro atoms. The van der Waals surface area contributed by atoms with Gasteiger partial charge in [-0.3, -0.25) is 14.8 Å². The Kier molecular flexibility index (Phi) is 6.31. The summed E-state index contributed by atoms with van der Waals surface area (Å²) < 4.78 is 26.6. The molecule has 0 aliphatic heterocycles. The molecule has 3 aromatic rings. The van der Waals surface area contributed by atoms with Crippen LogP contribution < -0.4 is 5.32 Å². The highest BCUT2D eigenvalue weighted by atomic mass is 32.2. The second kappa shape index (κ2) is 8.73. The summed E-state index contributed by atoms with van der Waals surface area (Å²) in [6.07, 6.45) is 0.180. The molecule has 0 radical (unpaired) electrons. The van der Waals surface area contributed by atoms with Crippen molar-refractivity contribution in [2.75, 3.05) is 11.1 Å². The van der Waals surface area contributed by atoms with Gasteiger partial charge in [0.05, 0.1) is 17.5 Å². The molecule has 1 aromatic heterocycles. The topological polar surface area (TPSA) is 104 Å². The van der Waals surface area contributed by atoms with E-state index in [9.17, 15) is 23.2 Å². The minimum Gasteiger partial charge on any atom is -0.326 e. The Labute approximate surface area is 172 Å². The van der Waals surface area contributed by atoms with Crippen molar-refractivity contribution in [3.05, 3.63) is 65.0 Å². The zero-order chi connectivity index (χ0) is 21.0. The molecule has 2 amide bonds. The van der Waals surface area contributed by atoms with Gasteiger partial charge in [0.1, 0.15) is 0 Å². The van der Waals surface area contributed by atoms with Gasteiger partial charge in [-0.1, -0.05) is 18.2 Å². The number of thiophene rings is 1. The molecule has 0 saturated heterocycles. The third-order valence-corrected chi connectivity index (χ3v) is 6.85. The Balaban J connectivity index is 1.81. The van der Waals surface area contributed by atoms with E-state index in [1.54, 1.807) is 41.7 Å². The molecule has 0 bridgehead atoms. The van der Waals surface area contributed by atoms with Gasteiger partial charge in [0, 0.05) is 17.3 Å². The summed E-state index contributed by atoms with van der Waals surface area (Å²) in [5.74, 6) is -0.883. The van der Waals surface area contributed by atoms with E-state index in [1.807, 2.05) is 23.6 Å². The highest BCUT2D eigenvalue weighted by molar-refractivity contribution is 7.90. The molecule has 1 atom stereocenters. The molecule has 0 saturated carbocycles. The van der Waals surface area contributed by atoms with E-state index in [0.717, 1.165) is 10.1 Å². The quantitative estimate of drug-likeness (QED) is 0.323. The number of rotatable bonds is 8. The summed E-state index contributed by atoms with van der Waals surface area (Å²) in [6, 6.07) is 12.6. The van der Waals surface area contributed by atoms with Crippen LogP contribution in [-0.4, -0.2) is 36.8 Å². The number of hydrogen-bond acceptors (Lipinski definition) is 6. The lowest BCUT2D eigenvalue weighted by atomic mass is 10.1. The summed E-state index contributed by atoms with van der Waals surface area (Å²) >= 11 is 1.58. The number of nitrogens with zero attached hydrogens (tertiary/aromatic N) is 1. The van der Waals surface area contributed by atoms with Gasteiger partial charge in [-0.15, -0.1) is 11.3 Å². The lowest BCUT2D eigenvalue weighted by Crippen LogP contribution is -2.30. The van der Waals surface area contributed by atoms with Crippen LogP contribution in [0, 0.1) is 0 Å². The molecular weight excluding hydrogens is 412 g/mol. The second-order valence-electron chi connectivity index (χ2n) is 6.65. The zero-order valence-electron chi connectivity index (χ0n) is 15.6. The molecule has 2 aromatic carbocycles. The number of sulfone groups is 1. The maximum absolute atomic E-state index is 12.8. The van der Waals surface area contributed by atoms with Gasteiger partial charge in [0.15, 0.2) is 9.84 Å². The van der Waals surface area contributed by atoms with Gasteiger partial charge < -0.3 is 5.32 Å². The fourth-order valence-electron chi connectivity index (χ4n) is 3.05. The standard InChI is InChI=1S/C20H20N2O5S2/c1-14(24)21-18-5-3-16(4-6-18)19(22(25)13-23)12-29(26,27)11-15-2-7-20-17(10-15)8-9-28-20/h2-10,13,19,25H,11-12H2,1H3,(H,21,24). The first kappa shape index (κ1) is 21.0. The largest absolute Gasteiger partial charge is 0.326 e. The summed E-state index contributed by atoms with van der Waals surface area (Å²) in [5, 5.41) is 15.8. The summed E-state index contributed by atoms with van der Waals surface area (Å²) in [4.78, 5) is 22.2. The predicted molar refractivity (Wildman–Crippen MR) is 112 cm³/mol. The first-order valence-corrected chi connectivity index (χ1v) is 11.4. The summed E-state index contributed by atoms with van der Waals surface area (Å²) in [7, 11) is -3.64. The highest BCUT2D eigenvalue weighted by Crippen LogP contribution is 2.26. The van der Waals surface area contributed by atoms with Gasteiger partial charge in [-0.25, -0.2) is 13.5 Å². The smallest absolute Gasteiger partial charge is 0.233 e. The number of benzene rings is 2. The van der Waals surface area contributed by atoms with Crippen molar-refractivity contribution in [3.63, 3.8) is 0 Å². The number of fused-ring (bicyclic) bond motifs is 1. The number of hydroxylamine groups is 2. The molecular formula is C20H20N2O5S2. The third kappa shape index (κ3) is 5.41. The number of carbonyl (C=O) groups excluding carboxylic acids is 2. The van der Waals surface area contributed by atoms with Crippen LogP contribution in [0.5, 0.6) is 0 Å². The van der Waals surface area contributed by atoms with Crippen LogP contribution in [0.2, 0.25) is 0 Å². The van der Waals surface area contributed by atoms with E-state index in [4.69, 9.17) is 0 Å². The molecule has 2 N–H and O–H groups in total. The first-order valence-electron chi connectivity index (χ1n) is 8.74. The lowest BCUT2D eigenvalue weighted by Gasteiger charge is -2.23. The van der Waals surface area contributed by atoms with Crippen LogP contribution in [0.3, 0.4) is 0 Å². The van der Waals surface area contributed by atoms with Gasteiger partial charge in [0.25, 0.3) is 0 Å². The number of nitrogens with one attached hydrogen (secondary N) is 1. The van der Waals surface area contributed by atoms with E-state index in [2.05, 4.69) is 5.32 Å². The van der Waals surface area contributed by atoms with Crippen LogP contribution >= 0.6 is 11.3 Å². The lowest BCUT2D eigenvalue weighted by molar-refractivity contribution is -0.158. The van der Waals surface area contributed by atoms with Gasteiger partial charge in [-0.05, 0) is 52.2 Å². The Hall–Kier alpha value is -2.75. The molecule has 1 heterocycles. The van der Waals surface area contributed by atoms with E-state index in [-0.39, 0.29) is 18.1 Å². The number of anilines is 1. The Bertz CT molecular complexity index is 1120. The van der Waals surface area contributed by atoms with Crippen LogP contribution in [0.25, 0.3) is 10.1 Å². The third-order valence-electron chi connectivity index (χ3n) is 4.36. The highest BCUT2D eigenvalue weighted by Gasteiger charge is 2.26. The Morgan fingerprint density at radius 3 is 2.59 bits per heavy atom. The van der Waals surface area contributed by atoms with Crippen LogP contribution in [-0.2, 0) is 25.2 Å². The average molecular weight is 433 g/mol. The fourth-order valence-corrected chi connectivity index (χ4v) is 5.45. The molecule has 0 fully saturated rings. The predicted octanol–water partition coefficient (Wildman–Crippen LogP) is 3.36.